The molecule has 124 valence electrons. The van der Waals surface area contributed by atoms with Crippen LogP contribution in [0.5, 0.6) is 0 Å². The van der Waals surface area contributed by atoms with E-state index in [0.717, 1.165) is 18.4 Å². The number of benzene rings is 1. The molecule has 0 bridgehead atoms. The third-order valence-electron chi connectivity index (χ3n) is 3.53. The first kappa shape index (κ1) is 18.7. The summed E-state index contributed by atoms with van der Waals surface area (Å²) in [4.78, 5) is 12.3. The van der Waals surface area contributed by atoms with Crippen LogP contribution in [0.4, 0.5) is 0 Å². The van der Waals surface area contributed by atoms with Crippen LogP contribution in [0.2, 0.25) is 0 Å². The minimum absolute atomic E-state index is 0.125. The fourth-order valence-electron chi connectivity index (χ4n) is 2.48. The van der Waals surface area contributed by atoms with Crippen LogP contribution < -0.4 is 10.6 Å². The van der Waals surface area contributed by atoms with E-state index in [4.69, 9.17) is 0 Å². The van der Waals surface area contributed by atoms with Gasteiger partial charge in [-0.3, -0.25) is 4.79 Å². The van der Waals surface area contributed by atoms with Crippen molar-refractivity contribution in [3.05, 3.63) is 35.9 Å². The van der Waals surface area contributed by atoms with Gasteiger partial charge in [0.2, 0.25) is 0 Å². The zero-order valence-electron chi connectivity index (χ0n) is 14.4. The van der Waals surface area contributed by atoms with Crippen molar-refractivity contribution in [2.24, 2.45) is 0 Å². The highest BCUT2D eigenvalue weighted by Crippen LogP contribution is 2.14. The predicted molar refractivity (Wildman–Crippen MR) is 90.6 cm³/mol. The Morgan fingerprint density at radius 3 is 2.32 bits per heavy atom. The first-order chi connectivity index (χ1) is 10.2. The van der Waals surface area contributed by atoms with Gasteiger partial charge in [-0.2, -0.15) is 0 Å². The largest absolute Gasteiger partial charge is 0.382 e. The second-order valence-corrected chi connectivity index (χ2v) is 6.88. The second kappa shape index (κ2) is 8.30. The molecule has 0 fully saturated rings. The lowest BCUT2D eigenvalue weighted by atomic mass is 9.99. The molecule has 1 amide bonds. The van der Waals surface area contributed by atoms with Crippen molar-refractivity contribution in [2.45, 2.75) is 71.2 Å². The summed E-state index contributed by atoms with van der Waals surface area (Å²) in [6, 6.07) is 9.39. The Morgan fingerprint density at radius 1 is 1.23 bits per heavy atom. The van der Waals surface area contributed by atoms with Crippen LogP contribution in [-0.4, -0.2) is 28.7 Å². The number of rotatable bonds is 7. The van der Waals surface area contributed by atoms with Crippen molar-refractivity contribution in [2.75, 3.05) is 0 Å². The summed E-state index contributed by atoms with van der Waals surface area (Å²) in [6.45, 7) is 10.1. The van der Waals surface area contributed by atoms with Crippen LogP contribution in [0, 0.1) is 0 Å². The smallest absolute Gasteiger partial charge is 0.250 e. The van der Waals surface area contributed by atoms with E-state index in [2.05, 4.69) is 17.6 Å². The number of nitrogens with one attached hydrogen (secondary N) is 2. The Bertz CT molecular complexity index is 454. The molecule has 1 aromatic rings. The second-order valence-electron chi connectivity index (χ2n) is 6.88. The molecule has 0 aromatic heterocycles. The monoisotopic (exact) mass is 306 g/mol. The molecule has 0 saturated carbocycles. The van der Waals surface area contributed by atoms with Gasteiger partial charge in [-0.1, -0.05) is 43.7 Å². The fourth-order valence-corrected chi connectivity index (χ4v) is 2.48. The molecule has 1 aromatic carbocycles. The molecule has 0 aliphatic heterocycles. The Morgan fingerprint density at radius 2 is 1.82 bits per heavy atom. The number of hydrogen-bond acceptors (Lipinski definition) is 3. The lowest BCUT2D eigenvalue weighted by Gasteiger charge is -2.31. The van der Waals surface area contributed by atoms with Gasteiger partial charge < -0.3 is 15.7 Å². The number of amides is 1. The van der Waals surface area contributed by atoms with E-state index >= 15 is 0 Å². The molecule has 3 unspecified atom stereocenters. The molecule has 22 heavy (non-hydrogen) atoms. The van der Waals surface area contributed by atoms with Crippen LogP contribution in [0.3, 0.4) is 0 Å². The van der Waals surface area contributed by atoms with E-state index in [-0.39, 0.29) is 23.5 Å². The summed E-state index contributed by atoms with van der Waals surface area (Å²) < 4.78 is 0. The topological polar surface area (TPSA) is 61.4 Å². The van der Waals surface area contributed by atoms with Crippen LogP contribution in [0.15, 0.2) is 30.3 Å². The Labute approximate surface area is 134 Å². The average molecular weight is 306 g/mol. The summed E-state index contributed by atoms with van der Waals surface area (Å²) >= 11 is 0. The lowest BCUT2D eigenvalue weighted by Crippen LogP contribution is -2.54. The highest BCUT2D eigenvalue weighted by atomic mass is 16.3. The fraction of sp³-hybridized carbons (Fsp3) is 0.611. The third kappa shape index (κ3) is 6.16. The van der Waals surface area contributed by atoms with Crippen molar-refractivity contribution < 1.29 is 9.90 Å². The van der Waals surface area contributed by atoms with Gasteiger partial charge in [-0.25, -0.2) is 0 Å². The van der Waals surface area contributed by atoms with Crippen molar-refractivity contribution in [1.82, 2.24) is 10.6 Å². The molecule has 0 radical (unpaired) electrons. The zero-order valence-corrected chi connectivity index (χ0v) is 14.4. The number of carbonyl (C=O) groups excluding carboxylic acids is 1. The summed E-state index contributed by atoms with van der Waals surface area (Å²) in [7, 11) is 0. The maximum atomic E-state index is 12.3. The number of hydrogen-bond donors (Lipinski definition) is 3. The van der Waals surface area contributed by atoms with E-state index in [1.54, 1.807) is 0 Å². The molecule has 4 heteroatoms. The van der Waals surface area contributed by atoms with Crippen molar-refractivity contribution in [1.29, 1.82) is 0 Å². The highest BCUT2D eigenvalue weighted by molar-refractivity contribution is 5.81. The zero-order chi connectivity index (χ0) is 16.8. The maximum Gasteiger partial charge on any atom is 0.250 e. The Balaban J connectivity index is 2.68. The summed E-state index contributed by atoms with van der Waals surface area (Å²) in [5.74, 6) is -0.327. The molecular weight excluding hydrogens is 276 g/mol. The third-order valence-corrected chi connectivity index (χ3v) is 3.53. The van der Waals surface area contributed by atoms with Gasteiger partial charge in [-0.05, 0) is 39.7 Å². The molecule has 3 N–H and O–H groups in total. The molecule has 0 saturated heterocycles. The predicted octanol–water partition coefficient (Wildman–Crippen LogP) is 2.78. The Kier molecular flexibility index (Phi) is 7.04. The van der Waals surface area contributed by atoms with Gasteiger partial charge in [-0.15, -0.1) is 0 Å². The van der Waals surface area contributed by atoms with Crippen molar-refractivity contribution in [3.8, 4) is 0 Å². The first-order valence-corrected chi connectivity index (χ1v) is 8.05. The average Bonchev–Trinajstić information content (AvgIpc) is 2.45. The number of aliphatic hydroxyl groups excluding tert-OH is 1. The van der Waals surface area contributed by atoms with Gasteiger partial charge in [0.25, 0.3) is 5.91 Å². The van der Waals surface area contributed by atoms with E-state index in [0.29, 0.717) is 0 Å². The number of carbonyl (C=O) groups is 1. The highest BCUT2D eigenvalue weighted by Gasteiger charge is 2.29. The minimum Gasteiger partial charge on any atom is -0.382 e. The molecular formula is C18H30N2O2. The van der Waals surface area contributed by atoms with E-state index in [1.165, 1.54) is 0 Å². The summed E-state index contributed by atoms with van der Waals surface area (Å²) in [5.41, 5.74) is 0.880. The van der Waals surface area contributed by atoms with E-state index < -0.39 is 6.10 Å². The molecule has 0 aliphatic carbocycles. The molecule has 0 heterocycles. The summed E-state index contributed by atoms with van der Waals surface area (Å²) in [5, 5.41) is 16.6. The number of aliphatic hydroxyl groups is 1. The van der Waals surface area contributed by atoms with Crippen LogP contribution >= 0.6 is 0 Å². The van der Waals surface area contributed by atoms with Gasteiger partial charge in [0.15, 0.2) is 0 Å². The van der Waals surface area contributed by atoms with Crippen LogP contribution in [-0.2, 0) is 4.79 Å². The van der Waals surface area contributed by atoms with Gasteiger partial charge in [0.05, 0.1) is 6.04 Å². The first-order valence-electron chi connectivity index (χ1n) is 8.05. The van der Waals surface area contributed by atoms with E-state index in [9.17, 15) is 9.90 Å². The molecule has 1 rings (SSSR count). The van der Waals surface area contributed by atoms with Crippen molar-refractivity contribution >= 4 is 5.91 Å². The maximum absolute atomic E-state index is 12.3. The van der Waals surface area contributed by atoms with Gasteiger partial charge in [0, 0.05) is 11.6 Å². The summed E-state index contributed by atoms with van der Waals surface area (Å²) in [6.07, 6.45) is 0.614. The van der Waals surface area contributed by atoms with Gasteiger partial charge in [0.1, 0.15) is 6.10 Å². The van der Waals surface area contributed by atoms with Crippen LogP contribution in [0.1, 0.15) is 59.1 Å². The van der Waals surface area contributed by atoms with Gasteiger partial charge >= 0.3 is 0 Å². The van der Waals surface area contributed by atoms with Crippen molar-refractivity contribution in [3.63, 3.8) is 0 Å². The van der Waals surface area contributed by atoms with Crippen LogP contribution in [0.25, 0.3) is 0 Å². The minimum atomic E-state index is -1.05. The normalized spacial score (nSPS) is 15.9. The van der Waals surface area contributed by atoms with E-state index in [1.807, 2.05) is 58.0 Å². The standard InChI is InChI=1S/C18H30N2O2/c1-6-10-15(20-18(3,4)5)16(21)17(22)19-13(2)14-11-8-7-9-12-14/h7-9,11-13,15-16,20-21H,6,10H2,1-5H3,(H,19,22). The molecule has 0 spiro atoms. The quantitative estimate of drug-likeness (QED) is 0.726. The molecule has 4 nitrogen and oxygen atoms in total. The molecule has 3 atom stereocenters. The Hall–Kier alpha value is -1.39. The lowest BCUT2D eigenvalue weighted by molar-refractivity contribution is -0.131. The molecule has 0 aliphatic rings. The SMILES string of the molecule is CCCC(NC(C)(C)C)C(O)C(=O)NC(C)c1ccccc1.